The zero-order valence-electron chi connectivity index (χ0n) is 6.79. The summed E-state index contributed by atoms with van der Waals surface area (Å²) in [5.74, 6) is 0. The van der Waals surface area contributed by atoms with E-state index in [4.69, 9.17) is 11.6 Å². The summed E-state index contributed by atoms with van der Waals surface area (Å²) in [6.07, 6.45) is 0. The first-order valence-corrected chi connectivity index (χ1v) is 3.52. The molecule has 2 heteroatoms. The minimum absolute atomic E-state index is 0.285. The lowest BCUT2D eigenvalue weighted by Crippen LogP contribution is -2.13. The van der Waals surface area contributed by atoms with Gasteiger partial charge in [0, 0.05) is 5.41 Å². The summed E-state index contributed by atoms with van der Waals surface area (Å²) in [5.41, 5.74) is -0.373. The summed E-state index contributed by atoms with van der Waals surface area (Å²) >= 11 is 5.11. The van der Waals surface area contributed by atoms with Crippen molar-refractivity contribution in [2.24, 2.45) is 5.41 Å². The van der Waals surface area contributed by atoms with Crippen molar-refractivity contribution in [3.63, 3.8) is 0 Å². The maximum Gasteiger partial charge on any atom is 0.226 e. The van der Waals surface area contributed by atoms with Crippen LogP contribution >= 0.6 is 11.6 Å². The van der Waals surface area contributed by atoms with Gasteiger partial charge in [0.15, 0.2) is 0 Å². The zero-order valence-corrected chi connectivity index (χ0v) is 7.54. The van der Waals surface area contributed by atoms with E-state index in [2.05, 4.69) is 0 Å². The highest BCUT2D eigenvalue weighted by Gasteiger charge is 2.17. The van der Waals surface area contributed by atoms with Gasteiger partial charge in [0.1, 0.15) is 0 Å². The van der Waals surface area contributed by atoms with Crippen LogP contribution in [-0.4, -0.2) is 5.24 Å². The Labute approximate surface area is 62.4 Å². The van der Waals surface area contributed by atoms with E-state index in [1.54, 1.807) is 20.8 Å². The first-order chi connectivity index (χ1) is 3.94. The Kier molecular flexibility index (Phi) is 6.25. The molecule has 0 aliphatic rings. The Morgan fingerprint density at radius 2 is 1.33 bits per heavy atom. The van der Waals surface area contributed by atoms with Crippen LogP contribution in [0, 0.1) is 5.41 Å². The van der Waals surface area contributed by atoms with Crippen LogP contribution in [0.2, 0.25) is 0 Å². The fraction of sp³-hybridized carbons (Fsp3) is 0.857. The molecular formula is C7H15ClO. The van der Waals surface area contributed by atoms with Gasteiger partial charge in [0.25, 0.3) is 0 Å². The first-order valence-electron chi connectivity index (χ1n) is 3.14. The van der Waals surface area contributed by atoms with Crippen molar-refractivity contribution in [1.82, 2.24) is 0 Å². The summed E-state index contributed by atoms with van der Waals surface area (Å²) in [5, 5.41) is -0.285. The van der Waals surface area contributed by atoms with Gasteiger partial charge in [-0.25, -0.2) is 0 Å². The summed E-state index contributed by atoms with van der Waals surface area (Å²) in [7, 11) is 0. The van der Waals surface area contributed by atoms with Gasteiger partial charge in [-0.3, -0.25) is 4.79 Å². The van der Waals surface area contributed by atoms with Crippen molar-refractivity contribution in [2.75, 3.05) is 0 Å². The third-order valence-corrected chi connectivity index (χ3v) is 1.16. The molecule has 0 aliphatic heterocycles. The first kappa shape index (κ1) is 11.7. The van der Waals surface area contributed by atoms with Crippen LogP contribution < -0.4 is 0 Å². The predicted molar refractivity (Wildman–Crippen MR) is 41.7 cm³/mol. The Hall–Kier alpha value is -0.0400. The van der Waals surface area contributed by atoms with Crippen LogP contribution in [0.1, 0.15) is 34.6 Å². The Bertz CT molecular complexity index is 81.4. The number of carbonyl (C=O) groups is 1. The summed E-state index contributed by atoms with van der Waals surface area (Å²) in [4.78, 5) is 10.2. The third kappa shape index (κ3) is 7.96. The molecule has 0 aliphatic carbocycles. The predicted octanol–water partition coefficient (Wildman–Crippen LogP) is 2.82. The van der Waals surface area contributed by atoms with E-state index in [1.807, 2.05) is 13.8 Å². The highest BCUT2D eigenvalue weighted by molar-refractivity contribution is 6.64. The highest BCUT2D eigenvalue weighted by Crippen LogP contribution is 2.15. The molecule has 0 aromatic rings. The SMILES string of the molecule is CC.CC(C)(C)C(=O)Cl. The lowest BCUT2D eigenvalue weighted by atomic mass is 10.00. The van der Waals surface area contributed by atoms with Crippen molar-refractivity contribution < 1.29 is 4.79 Å². The van der Waals surface area contributed by atoms with Crippen molar-refractivity contribution >= 4 is 16.8 Å². The van der Waals surface area contributed by atoms with Crippen LogP contribution in [0.5, 0.6) is 0 Å². The molecule has 0 bridgehead atoms. The molecular weight excluding hydrogens is 136 g/mol. The molecule has 0 rings (SSSR count). The molecule has 0 aromatic carbocycles. The molecule has 0 aromatic heterocycles. The number of hydrogen-bond donors (Lipinski definition) is 0. The molecule has 1 nitrogen and oxygen atoms in total. The van der Waals surface area contributed by atoms with Gasteiger partial charge in [-0.1, -0.05) is 34.6 Å². The molecule has 0 fully saturated rings. The van der Waals surface area contributed by atoms with E-state index < -0.39 is 0 Å². The van der Waals surface area contributed by atoms with Gasteiger partial charge in [-0.2, -0.15) is 0 Å². The fourth-order valence-electron chi connectivity index (χ4n) is 0. The molecule has 0 saturated carbocycles. The molecule has 0 unspecified atom stereocenters. The van der Waals surface area contributed by atoms with E-state index >= 15 is 0 Å². The van der Waals surface area contributed by atoms with Gasteiger partial charge < -0.3 is 0 Å². The van der Waals surface area contributed by atoms with Crippen molar-refractivity contribution in [3.8, 4) is 0 Å². The lowest BCUT2D eigenvalue weighted by Gasteiger charge is -2.08. The Morgan fingerprint density at radius 1 is 1.22 bits per heavy atom. The van der Waals surface area contributed by atoms with Gasteiger partial charge >= 0.3 is 0 Å². The quantitative estimate of drug-likeness (QED) is 0.486. The molecule has 0 N–H and O–H groups in total. The van der Waals surface area contributed by atoms with Gasteiger partial charge in [0.05, 0.1) is 0 Å². The molecule has 0 atom stereocenters. The molecule has 0 amide bonds. The van der Waals surface area contributed by atoms with Crippen molar-refractivity contribution in [1.29, 1.82) is 0 Å². The number of hydrogen-bond acceptors (Lipinski definition) is 1. The molecule has 0 saturated heterocycles. The summed E-state index contributed by atoms with van der Waals surface area (Å²) < 4.78 is 0. The minimum atomic E-state index is -0.373. The largest absolute Gasteiger partial charge is 0.281 e. The second kappa shape index (κ2) is 4.80. The lowest BCUT2D eigenvalue weighted by molar-refractivity contribution is -0.118. The van der Waals surface area contributed by atoms with Crippen LogP contribution in [0.4, 0.5) is 0 Å². The summed E-state index contributed by atoms with van der Waals surface area (Å²) in [6.45, 7) is 9.34. The smallest absolute Gasteiger partial charge is 0.226 e. The highest BCUT2D eigenvalue weighted by atomic mass is 35.5. The fourth-order valence-corrected chi connectivity index (χ4v) is 0. The van der Waals surface area contributed by atoms with E-state index in [0.717, 1.165) is 0 Å². The maximum atomic E-state index is 10.2. The van der Waals surface area contributed by atoms with E-state index in [0.29, 0.717) is 0 Å². The van der Waals surface area contributed by atoms with Crippen LogP contribution in [0.25, 0.3) is 0 Å². The second-order valence-corrected chi connectivity index (χ2v) is 2.87. The zero-order chi connectivity index (χ0) is 8.08. The average molecular weight is 151 g/mol. The molecule has 9 heavy (non-hydrogen) atoms. The number of carbonyl (C=O) groups excluding carboxylic acids is 1. The molecule has 56 valence electrons. The van der Waals surface area contributed by atoms with Crippen LogP contribution in [0.3, 0.4) is 0 Å². The van der Waals surface area contributed by atoms with Crippen LogP contribution in [-0.2, 0) is 4.79 Å². The second-order valence-electron chi connectivity index (χ2n) is 2.52. The average Bonchev–Trinajstić information content (AvgIpc) is 1.69. The van der Waals surface area contributed by atoms with E-state index in [9.17, 15) is 4.79 Å². The Balaban J connectivity index is 0. The normalized spacial score (nSPS) is 9.56. The molecule has 0 heterocycles. The summed E-state index contributed by atoms with van der Waals surface area (Å²) in [6, 6.07) is 0. The standard InChI is InChI=1S/C5H9ClO.C2H6/c1-5(2,3)4(6)7;1-2/h1-3H3;1-2H3. The number of halogens is 1. The van der Waals surface area contributed by atoms with Crippen LogP contribution in [0.15, 0.2) is 0 Å². The topological polar surface area (TPSA) is 17.1 Å². The van der Waals surface area contributed by atoms with E-state index in [-0.39, 0.29) is 10.7 Å². The van der Waals surface area contributed by atoms with E-state index in [1.165, 1.54) is 0 Å². The Morgan fingerprint density at radius 3 is 1.33 bits per heavy atom. The molecule has 0 spiro atoms. The monoisotopic (exact) mass is 150 g/mol. The molecule has 0 radical (unpaired) electrons. The van der Waals surface area contributed by atoms with Crippen molar-refractivity contribution in [3.05, 3.63) is 0 Å². The van der Waals surface area contributed by atoms with Gasteiger partial charge in [0.2, 0.25) is 5.24 Å². The van der Waals surface area contributed by atoms with Crippen molar-refractivity contribution in [2.45, 2.75) is 34.6 Å². The minimum Gasteiger partial charge on any atom is -0.281 e. The third-order valence-electron chi connectivity index (χ3n) is 0.590. The van der Waals surface area contributed by atoms with Gasteiger partial charge in [-0.05, 0) is 11.6 Å². The number of rotatable bonds is 0. The maximum absolute atomic E-state index is 10.2. The van der Waals surface area contributed by atoms with Gasteiger partial charge in [-0.15, -0.1) is 0 Å².